The van der Waals surface area contributed by atoms with Gasteiger partial charge in [-0.15, -0.1) is 4.52 Å². The molecule has 0 bridgehead atoms. The van der Waals surface area contributed by atoms with E-state index in [1.54, 1.807) is 0 Å². The van der Waals surface area contributed by atoms with E-state index in [9.17, 15) is 14.2 Å². The Morgan fingerprint density at radius 3 is 2.08 bits per heavy atom. The minimum absolute atomic E-state index is 0.492. The van der Waals surface area contributed by atoms with Crippen LogP contribution in [-0.2, 0) is 23.4 Å². The first kappa shape index (κ1) is 11.2. The van der Waals surface area contributed by atoms with Crippen LogP contribution in [0.15, 0.2) is 0 Å². The topological polar surface area (TPSA) is 69.7 Å². The Hall–Kier alpha value is -0.800. The highest BCUT2D eigenvalue weighted by Gasteiger charge is 2.39. The van der Waals surface area contributed by atoms with Gasteiger partial charge in [-0.3, -0.25) is 9.59 Å². The first-order valence-corrected chi connectivity index (χ1v) is 4.42. The van der Waals surface area contributed by atoms with Gasteiger partial charge in [-0.2, -0.15) is 0 Å². The standard InChI is InChI=1S/C6H10O5P/c1-4(7)6(11-5(2)8)12(9)10-3/h6H,1-3H3/q+1. The van der Waals surface area contributed by atoms with Crippen LogP contribution in [0.2, 0.25) is 0 Å². The molecule has 6 heteroatoms. The maximum atomic E-state index is 10.9. The maximum Gasteiger partial charge on any atom is 0.561 e. The predicted molar refractivity (Wildman–Crippen MR) is 40.9 cm³/mol. The second-order valence-electron chi connectivity index (χ2n) is 2.04. The second kappa shape index (κ2) is 4.95. The highest BCUT2D eigenvalue weighted by molar-refractivity contribution is 7.41. The second-order valence-corrected chi connectivity index (χ2v) is 3.45. The van der Waals surface area contributed by atoms with Crippen molar-refractivity contribution in [3.63, 3.8) is 0 Å². The Morgan fingerprint density at radius 2 is 1.83 bits per heavy atom. The van der Waals surface area contributed by atoms with Crippen molar-refractivity contribution >= 4 is 19.8 Å². The minimum Gasteiger partial charge on any atom is -0.408 e. The van der Waals surface area contributed by atoms with E-state index in [4.69, 9.17) is 0 Å². The number of carbonyl (C=O) groups excluding carboxylic acids is 2. The van der Waals surface area contributed by atoms with Gasteiger partial charge in [-0.25, -0.2) is 0 Å². The van der Waals surface area contributed by atoms with Crippen LogP contribution in [0.4, 0.5) is 0 Å². The molecule has 0 N–H and O–H groups in total. The largest absolute Gasteiger partial charge is 0.561 e. The van der Waals surface area contributed by atoms with Crippen molar-refractivity contribution in [3.8, 4) is 0 Å². The summed E-state index contributed by atoms with van der Waals surface area (Å²) < 4.78 is 19.8. The Bertz CT molecular complexity index is 212. The molecule has 0 aromatic heterocycles. The van der Waals surface area contributed by atoms with E-state index in [0.29, 0.717) is 0 Å². The van der Waals surface area contributed by atoms with Gasteiger partial charge in [0.2, 0.25) is 5.78 Å². The summed E-state index contributed by atoms with van der Waals surface area (Å²) in [5, 5.41) is 0. The summed E-state index contributed by atoms with van der Waals surface area (Å²) in [5.74, 6) is -2.42. The summed E-state index contributed by atoms with van der Waals surface area (Å²) in [6.45, 7) is 2.31. The molecule has 12 heavy (non-hydrogen) atoms. The molecule has 5 nitrogen and oxygen atoms in total. The first-order valence-electron chi connectivity index (χ1n) is 3.17. The molecule has 0 aliphatic carbocycles. The molecule has 68 valence electrons. The molecule has 0 radical (unpaired) electrons. The van der Waals surface area contributed by atoms with Gasteiger partial charge >= 0.3 is 19.8 Å². The molecule has 2 atom stereocenters. The van der Waals surface area contributed by atoms with Gasteiger partial charge in [0.05, 0.1) is 7.11 Å². The molecule has 0 rings (SSSR count). The Balaban J connectivity index is 4.33. The summed E-state index contributed by atoms with van der Waals surface area (Å²) in [4.78, 5) is 21.2. The summed E-state index contributed by atoms with van der Waals surface area (Å²) in [5.41, 5.74) is 0. The number of hydrogen-bond donors (Lipinski definition) is 0. The lowest BCUT2D eigenvalue weighted by Crippen LogP contribution is -2.20. The quantitative estimate of drug-likeness (QED) is 0.489. The van der Waals surface area contributed by atoms with Crippen molar-refractivity contribution in [1.82, 2.24) is 0 Å². The van der Waals surface area contributed by atoms with E-state index in [-0.39, 0.29) is 0 Å². The predicted octanol–water partition coefficient (Wildman–Crippen LogP) is 0.853. The lowest BCUT2D eigenvalue weighted by molar-refractivity contribution is -0.147. The molecule has 0 heterocycles. The van der Waals surface area contributed by atoms with Gasteiger partial charge in [-0.1, -0.05) is 0 Å². The molecule has 0 aliphatic rings. The van der Waals surface area contributed by atoms with Crippen LogP contribution < -0.4 is 0 Å². The van der Waals surface area contributed by atoms with Gasteiger partial charge in [0.1, 0.15) is 0 Å². The zero-order valence-corrected chi connectivity index (χ0v) is 7.96. The first-order chi connectivity index (χ1) is 5.49. The maximum absolute atomic E-state index is 10.9. The molecule has 0 spiro atoms. The van der Waals surface area contributed by atoms with Gasteiger partial charge in [0, 0.05) is 13.8 Å². The van der Waals surface area contributed by atoms with Crippen molar-refractivity contribution in [1.29, 1.82) is 0 Å². The Kier molecular flexibility index (Phi) is 4.62. The van der Waals surface area contributed by atoms with Crippen molar-refractivity contribution in [2.75, 3.05) is 7.11 Å². The van der Waals surface area contributed by atoms with Crippen molar-refractivity contribution in [2.45, 2.75) is 19.7 Å². The SMILES string of the molecule is CO[P+](=O)C(OC(C)=O)C(C)=O. The zero-order chi connectivity index (χ0) is 9.72. The van der Waals surface area contributed by atoms with Crippen LogP contribution in [0.1, 0.15) is 13.8 Å². The van der Waals surface area contributed by atoms with Crippen LogP contribution in [0.3, 0.4) is 0 Å². The van der Waals surface area contributed by atoms with Crippen molar-refractivity contribution in [2.24, 2.45) is 0 Å². The summed E-state index contributed by atoms with van der Waals surface area (Å²) in [7, 11) is -1.08. The molecule has 0 aliphatic heterocycles. The van der Waals surface area contributed by atoms with Gasteiger partial charge in [0.15, 0.2) is 0 Å². The highest BCUT2D eigenvalue weighted by atomic mass is 31.1. The third-order valence-electron chi connectivity index (χ3n) is 0.997. The fourth-order valence-electron chi connectivity index (χ4n) is 0.527. The van der Waals surface area contributed by atoms with Crippen LogP contribution in [0.5, 0.6) is 0 Å². The van der Waals surface area contributed by atoms with Crippen molar-refractivity contribution < 1.29 is 23.4 Å². The zero-order valence-electron chi connectivity index (χ0n) is 7.07. The van der Waals surface area contributed by atoms with E-state index in [1.165, 1.54) is 14.0 Å². The summed E-state index contributed by atoms with van der Waals surface area (Å²) in [6.07, 6.45) is 0. The van der Waals surface area contributed by atoms with E-state index in [1.807, 2.05) is 0 Å². The number of Topliss-reactive ketones (excluding diaryl/α,β-unsaturated/α-hetero) is 1. The van der Waals surface area contributed by atoms with Crippen molar-refractivity contribution in [3.05, 3.63) is 0 Å². The van der Waals surface area contributed by atoms with Crippen LogP contribution in [-0.4, -0.2) is 24.7 Å². The normalized spacial score (nSPS) is 13.4. The van der Waals surface area contributed by atoms with Gasteiger partial charge in [-0.05, 0) is 4.57 Å². The van der Waals surface area contributed by atoms with Gasteiger partial charge < -0.3 is 4.74 Å². The molecule has 0 aromatic rings. The minimum atomic E-state index is -2.26. The van der Waals surface area contributed by atoms with Crippen LogP contribution in [0, 0.1) is 0 Å². The average Bonchev–Trinajstić information content (AvgIpc) is 1.98. The molecular weight excluding hydrogens is 183 g/mol. The lowest BCUT2D eigenvalue weighted by atomic mass is 10.5. The fourth-order valence-corrected chi connectivity index (χ4v) is 1.25. The number of esters is 1. The molecule has 0 fully saturated rings. The average molecular weight is 193 g/mol. The summed E-state index contributed by atoms with van der Waals surface area (Å²) in [6, 6.07) is 0. The third-order valence-corrected chi connectivity index (χ3v) is 2.21. The smallest absolute Gasteiger partial charge is 0.408 e. The number of hydrogen-bond acceptors (Lipinski definition) is 5. The molecule has 0 amide bonds. The molecule has 0 saturated carbocycles. The van der Waals surface area contributed by atoms with Crippen LogP contribution in [0.25, 0.3) is 0 Å². The number of rotatable bonds is 4. The van der Waals surface area contributed by atoms with Crippen LogP contribution >= 0.6 is 8.03 Å². The molecule has 2 unspecified atom stereocenters. The van der Waals surface area contributed by atoms with E-state index >= 15 is 0 Å². The Morgan fingerprint density at radius 1 is 1.33 bits per heavy atom. The number of ketones is 1. The van der Waals surface area contributed by atoms with Gasteiger partial charge in [0.25, 0.3) is 0 Å². The van der Waals surface area contributed by atoms with E-state index in [2.05, 4.69) is 9.26 Å². The lowest BCUT2D eigenvalue weighted by Gasteiger charge is -2.00. The van der Waals surface area contributed by atoms with E-state index in [0.717, 1.165) is 6.92 Å². The molecular formula is C6H10O5P+. The number of ether oxygens (including phenoxy) is 1. The third kappa shape index (κ3) is 3.55. The fraction of sp³-hybridized carbons (Fsp3) is 0.667. The monoisotopic (exact) mass is 193 g/mol. The van der Waals surface area contributed by atoms with E-state index < -0.39 is 25.6 Å². The number of carbonyl (C=O) groups is 2. The summed E-state index contributed by atoms with van der Waals surface area (Å²) >= 11 is 0. The highest BCUT2D eigenvalue weighted by Crippen LogP contribution is 2.29. The molecule has 0 aromatic carbocycles. The molecule has 0 saturated heterocycles. The Labute approximate surface area is 70.9 Å².